The maximum absolute atomic E-state index is 5.87. The normalized spacial score (nSPS) is 31.4. The molecule has 0 amide bonds. The predicted octanol–water partition coefficient (Wildman–Crippen LogP) is 2.63. The van der Waals surface area contributed by atoms with Gasteiger partial charge in [-0.05, 0) is 53.7 Å². The van der Waals surface area contributed by atoms with Gasteiger partial charge in [0.05, 0.1) is 0 Å². The first kappa shape index (κ1) is 10.3. The van der Waals surface area contributed by atoms with Crippen molar-refractivity contribution in [2.24, 2.45) is 28.9 Å². The van der Waals surface area contributed by atoms with Crippen LogP contribution in [0.2, 0.25) is 0 Å². The molecule has 2 aliphatic rings. The number of benzene rings is 1. The highest BCUT2D eigenvalue weighted by Gasteiger charge is 2.59. The Morgan fingerprint density at radius 1 is 1.19 bits per heavy atom. The zero-order valence-corrected chi connectivity index (χ0v) is 10.2. The molecule has 0 unspecified atom stereocenters. The van der Waals surface area contributed by atoms with Crippen molar-refractivity contribution in [1.82, 2.24) is 0 Å². The van der Waals surface area contributed by atoms with Gasteiger partial charge in [0.1, 0.15) is 0 Å². The van der Waals surface area contributed by atoms with Gasteiger partial charge < -0.3 is 5.73 Å². The highest BCUT2D eigenvalue weighted by Crippen LogP contribution is 2.63. The van der Waals surface area contributed by atoms with Crippen molar-refractivity contribution in [3.05, 3.63) is 35.4 Å². The lowest BCUT2D eigenvalue weighted by atomic mass is 9.94. The molecular weight excluding hydrogens is 194 g/mol. The van der Waals surface area contributed by atoms with Crippen LogP contribution in [0.4, 0.5) is 0 Å². The summed E-state index contributed by atoms with van der Waals surface area (Å²) in [4.78, 5) is 0. The number of rotatable bonds is 2. The minimum absolute atomic E-state index is 0.488. The Kier molecular flexibility index (Phi) is 2.16. The summed E-state index contributed by atoms with van der Waals surface area (Å²) in [6.07, 6.45) is 2.56. The second-order valence-corrected chi connectivity index (χ2v) is 6.13. The molecular formula is C15H21N. The third-order valence-electron chi connectivity index (χ3n) is 4.98. The predicted molar refractivity (Wildman–Crippen MR) is 67.2 cm³/mol. The first-order chi connectivity index (χ1) is 7.64. The summed E-state index contributed by atoms with van der Waals surface area (Å²) in [7, 11) is 0. The monoisotopic (exact) mass is 215 g/mol. The van der Waals surface area contributed by atoms with E-state index in [0.717, 1.165) is 24.3 Å². The summed E-state index contributed by atoms with van der Waals surface area (Å²) in [5, 5.41) is 0. The Hall–Kier alpha value is -0.820. The lowest BCUT2D eigenvalue weighted by Gasteiger charge is -2.10. The molecule has 0 spiro atoms. The van der Waals surface area contributed by atoms with Crippen LogP contribution in [-0.2, 0) is 12.8 Å². The third kappa shape index (κ3) is 1.34. The molecule has 3 rings (SSSR count). The van der Waals surface area contributed by atoms with Crippen molar-refractivity contribution < 1.29 is 0 Å². The van der Waals surface area contributed by atoms with Gasteiger partial charge in [-0.1, -0.05) is 38.1 Å². The van der Waals surface area contributed by atoms with Crippen LogP contribution in [0.15, 0.2) is 24.3 Å². The van der Waals surface area contributed by atoms with Gasteiger partial charge in [-0.2, -0.15) is 0 Å². The molecule has 86 valence electrons. The summed E-state index contributed by atoms with van der Waals surface area (Å²) in [6, 6.07) is 8.92. The standard InChI is InChI=1S/C15H21N/c1-15(2)13(9-16)14(15)12-7-10-5-3-4-6-11(10)8-12/h3-6,12-14H,7-9,16H2,1-2H3/t13-,14-/m1/s1. The maximum atomic E-state index is 5.87. The Bertz CT molecular complexity index is 383. The quantitative estimate of drug-likeness (QED) is 0.806. The van der Waals surface area contributed by atoms with Gasteiger partial charge in [0.15, 0.2) is 0 Å². The Morgan fingerprint density at radius 3 is 2.19 bits per heavy atom. The van der Waals surface area contributed by atoms with Crippen LogP contribution in [0.3, 0.4) is 0 Å². The van der Waals surface area contributed by atoms with E-state index >= 15 is 0 Å². The Labute approximate surface area is 98.0 Å². The van der Waals surface area contributed by atoms with Gasteiger partial charge in [-0.25, -0.2) is 0 Å². The smallest absolute Gasteiger partial charge is 0.00407 e. The first-order valence-corrected chi connectivity index (χ1v) is 6.41. The maximum Gasteiger partial charge on any atom is -0.00407 e. The number of nitrogens with two attached hydrogens (primary N) is 1. The summed E-state index contributed by atoms with van der Waals surface area (Å²) < 4.78 is 0. The zero-order valence-electron chi connectivity index (χ0n) is 10.2. The second kappa shape index (κ2) is 3.33. The van der Waals surface area contributed by atoms with Crippen LogP contribution in [0.5, 0.6) is 0 Å². The Morgan fingerprint density at radius 2 is 1.75 bits per heavy atom. The van der Waals surface area contributed by atoms with Crippen molar-refractivity contribution in [2.45, 2.75) is 26.7 Å². The number of hydrogen-bond donors (Lipinski definition) is 1. The molecule has 1 fully saturated rings. The second-order valence-electron chi connectivity index (χ2n) is 6.13. The molecule has 0 radical (unpaired) electrons. The molecule has 1 nitrogen and oxygen atoms in total. The third-order valence-corrected chi connectivity index (χ3v) is 4.98. The molecule has 0 bridgehead atoms. The molecule has 1 aromatic carbocycles. The highest BCUT2D eigenvalue weighted by atomic mass is 14.7. The van der Waals surface area contributed by atoms with Crippen LogP contribution >= 0.6 is 0 Å². The van der Waals surface area contributed by atoms with E-state index < -0.39 is 0 Å². The molecule has 0 heterocycles. The molecule has 1 heteroatoms. The summed E-state index contributed by atoms with van der Waals surface area (Å²) in [6.45, 7) is 5.64. The average molecular weight is 215 g/mol. The van der Waals surface area contributed by atoms with Gasteiger partial charge >= 0.3 is 0 Å². The molecule has 1 saturated carbocycles. The molecule has 2 N–H and O–H groups in total. The van der Waals surface area contributed by atoms with E-state index in [-0.39, 0.29) is 0 Å². The fourth-order valence-corrected chi connectivity index (χ4v) is 4.02. The zero-order chi connectivity index (χ0) is 11.3. The van der Waals surface area contributed by atoms with E-state index in [0.29, 0.717) is 5.41 Å². The summed E-state index contributed by atoms with van der Waals surface area (Å²) in [5.74, 6) is 2.46. The van der Waals surface area contributed by atoms with E-state index in [2.05, 4.69) is 38.1 Å². The number of fused-ring (bicyclic) bond motifs is 1. The van der Waals surface area contributed by atoms with E-state index in [4.69, 9.17) is 5.73 Å². The van der Waals surface area contributed by atoms with Crippen LogP contribution in [0, 0.1) is 23.2 Å². The van der Waals surface area contributed by atoms with Crippen LogP contribution < -0.4 is 5.73 Å². The van der Waals surface area contributed by atoms with Crippen molar-refractivity contribution in [1.29, 1.82) is 0 Å². The molecule has 2 atom stereocenters. The lowest BCUT2D eigenvalue weighted by molar-refractivity contribution is 0.408. The SMILES string of the molecule is CC1(C)[C@H](CN)[C@H]1C1Cc2ccccc2C1. The molecule has 16 heavy (non-hydrogen) atoms. The van der Waals surface area contributed by atoms with E-state index in [1.54, 1.807) is 11.1 Å². The van der Waals surface area contributed by atoms with Crippen molar-refractivity contribution in [3.8, 4) is 0 Å². The fourth-order valence-electron chi connectivity index (χ4n) is 4.02. The summed E-state index contributed by atoms with van der Waals surface area (Å²) in [5.41, 5.74) is 9.51. The van der Waals surface area contributed by atoms with Gasteiger partial charge in [-0.15, -0.1) is 0 Å². The van der Waals surface area contributed by atoms with Gasteiger partial charge in [0, 0.05) is 0 Å². The fraction of sp³-hybridized carbons (Fsp3) is 0.600. The van der Waals surface area contributed by atoms with Crippen molar-refractivity contribution >= 4 is 0 Å². The molecule has 0 aromatic heterocycles. The van der Waals surface area contributed by atoms with Gasteiger partial charge in [-0.3, -0.25) is 0 Å². The Balaban J connectivity index is 1.78. The molecule has 0 saturated heterocycles. The molecule has 1 aromatic rings. The van der Waals surface area contributed by atoms with Crippen LogP contribution in [-0.4, -0.2) is 6.54 Å². The van der Waals surface area contributed by atoms with Crippen molar-refractivity contribution in [3.63, 3.8) is 0 Å². The minimum Gasteiger partial charge on any atom is -0.330 e. The molecule has 2 aliphatic carbocycles. The van der Waals surface area contributed by atoms with Crippen molar-refractivity contribution in [2.75, 3.05) is 6.54 Å². The minimum atomic E-state index is 0.488. The van der Waals surface area contributed by atoms with Gasteiger partial charge in [0.2, 0.25) is 0 Å². The topological polar surface area (TPSA) is 26.0 Å². The molecule has 0 aliphatic heterocycles. The van der Waals surface area contributed by atoms with E-state index in [1.165, 1.54) is 12.8 Å². The van der Waals surface area contributed by atoms with E-state index in [1.807, 2.05) is 0 Å². The highest BCUT2D eigenvalue weighted by molar-refractivity contribution is 5.33. The average Bonchev–Trinajstić information content (AvgIpc) is 2.65. The van der Waals surface area contributed by atoms with Crippen LogP contribution in [0.1, 0.15) is 25.0 Å². The van der Waals surface area contributed by atoms with Gasteiger partial charge in [0.25, 0.3) is 0 Å². The summed E-state index contributed by atoms with van der Waals surface area (Å²) >= 11 is 0. The van der Waals surface area contributed by atoms with E-state index in [9.17, 15) is 0 Å². The first-order valence-electron chi connectivity index (χ1n) is 6.41. The largest absolute Gasteiger partial charge is 0.330 e. The van der Waals surface area contributed by atoms with Crippen LogP contribution in [0.25, 0.3) is 0 Å². The lowest BCUT2D eigenvalue weighted by Crippen LogP contribution is -2.09. The number of hydrogen-bond acceptors (Lipinski definition) is 1.